The summed E-state index contributed by atoms with van der Waals surface area (Å²) in [5, 5.41) is 5.91. The molecule has 0 aliphatic carbocycles. The van der Waals surface area contributed by atoms with Crippen LogP contribution in [-0.4, -0.2) is 11.8 Å². The molecule has 5 heteroatoms. The van der Waals surface area contributed by atoms with Gasteiger partial charge >= 0.3 is 11.8 Å². The first-order valence-corrected chi connectivity index (χ1v) is 8.37. The molecule has 0 bridgehead atoms. The van der Waals surface area contributed by atoms with Gasteiger partial charge in [-0.15, -0.1) is 0 Å². The Bertz CT molecular complexity index is 722. The van der Waals surface area contributed by atoms with Crippen molar-refractivity contribution in [3.63, 3.8) is 0 Å². The summed E-state index contributed by atoms with van der Waals surface area (Å²) in [6.45, 7) is 4.24. The summed E-state index contributed by atoms with van der Waals surface area (Å²) in [5.41, 5.74) is 3.53. The molecule has 0 aliphatic heterocycles. The van der Waals surface area contributed by atoms with Gasteiger partial charge in [-0.05, 0) is 35.6 Å². The molecule has 2 aromatic rings. The number of rotatable bonds is 5. The number of aryl methyl sites for hydroxylation is 2. The number of nitrogens with one attached hydrogen (secondary N) is 2. The smallest absolute Gasteiger partial charge is 0.313 e. The topological polar surface area (TPSA) is 58.2 Å². The lowest BCUT2D eigenvalue weighted by Gasteiger charge is -2.14. The minimum absolute atomic E-state index is 0.210. The SMILES string of the molecule is CCc1cccc(CC)c1NC(=O)C(=O)NCc1ccccc1Cl. The Balaban J connectivity index is 2.05. The Kier molecular flexibility index (Phi) is 6.38. The number of amides is 2. The average Bonchev–Trinajstić information content (AvgIpc) is 2.60. The Morgan fingerprint density at radius 3 is 2.04 bits per heavy atom. The van der Waals surface area contributed by atoms with E-state index in [1.165, 1.54) is 0 Å². The predicted octanol–water partition coefficient (Wildman–Crippen LogP) is 3.72. The number of hydrogen-bond acceptors (Lipinski definition) is 2. The van der Waals surface area contributed by atoms with Gasteiger partial charge in [-0.3, -0.25) is 9.59 Å². The number of para-hydroxylation sites is 1. The van der Waals surface area contributed by atoms with Crippen LogP contribution in [0.4, 0.5) is 5.69 Å². The molecule has 2 aromatic carbocycles. The fourth-order valence-corrected chi connectivity index (χ4v) is 2.67. The van der Waals surface area contributed by atoms with Crippen LogP contribution in [0.2, 0.25) is 5.02 Å². The third kappa shape index (κ3) is 4.36. The van der Waals surface area contributed by atoms with Crippen LogP contribution in [0.15, 0.2) is 42.5 Å². The van der Waals surface area contributed by atoms with Crippen molar-refractivity contribution in [2.24, 2.45) is 0 Å². The van der Waals surface area contributed by atoms with Crippen LogP contribution in [0.1, 0.15) is 30.5 Å². The first-order chi connectivity index (χ1) is 11.6. The maximum Gasteiger partial charge on any atom is 0.313 e. The minimum Gasteiger partial charge on any atom is -0.344 e. The highest BCUT2D eigenvalue weighted by Crippen LogP contribution is 2.22. The number of halogens is 1. The second-order valence-electron chi connectivity index (χ2n) is 5.39. The van der Waals surface area contributed by atoms with E-state index < -0.39 is 11.8 Å². The van der Waals surface area contributed by atoms with Gasteiger partial charge in [0.05, 0.1) is 0 Å². The van der Waals surface area contributed by atoms with E-state index in [1.807, 2.05) is 50.2 Å². The van der Waals surface area contributed by atoms with Crippen LogP contribution in [0.3, 0.4) is 0 Å². The van der Waals surface area contributed by atoms with E-state index in [4.69, 9.17) is 11.6 Å². The minimum atomic E-state index is -0.678. The fraction of sp³-hybridized carbons (Fsp3) is 0.263. The van der Waals surface area contributed by atoms with Gasteiger partial charge < -0.3 is 10.6 Å². The second kappa shape index (κ2) is 8.50. The van der Waals surface area contributed by atoms with Gasteiger partial charge in [-0.2, -0.15) is 0 Å². The average molecular weight is 345 g/mol. The highest BCUT2D eigenvalue weighted by molar-refractivity contribution is 6.39. The summed E-state index contributed by atoms with van der Waals surface area (Å²) in [6.07, 6.45) is 1.56. The van der Waals surface area contributed by atoms with Crippen molar-refractivity contribution in [3.05, 3.63) is 64.2 Å². The van der Waals surface area contributed by atoms with Crippen molar-refractivity contribution in [3.8, 4) is 0 Å². The molecule has 0 unspecified atom stereocenters. The maximum atomic E-state index is 12.2. The molecule has 4 nitrogen and oxygen atoms in total. The lowest BCUT2D eigenvalue weighted by Crippen LogP contribution is -2.35. The number of carbonyl (C=O) groups excluding carboxylic acids is 2. The molecule has 0 radical (unpaired) electrons. The number of carbonyl (C=O) groups is 2. The molecule has 0 spiro atoms. The number of hydrogen-bond donors (Lipinski definition) is 2. The van der Waals surface area contributed by atoms with Crippen LogP contribution in [0.25, 0.3) is 0 Å². The predicted molar refractivity (Wildman–Crippen MR) is 97.1 cm³/mol. The molecule has 0 saturated carbocycles. The van der Waals surface area contributed by atoms with E-state index in [9.17, 15) is 9.59 Å². The summed E-state index contributed by atoms with van der Waals surface area (Å²) in [6, 6.07) is 13.1. The zero-order valence-corrected chi connectivity index (χ0v) is 14.6. The number of anilines is 1. The van der Waals surface area contributed by atoms with E-state index in [2.05, 4.69) is 10.6 Å². The molecule has 2 amide bonds. The van der Waals surface area contributed by atoms with Gasteiger partial charge in [0.1, 0.15) is 0 Å². The summed E-state index contributed by atoms with van der Waals surface area (Å²) in [7, 11) is 0. The lowest BCUT2D eigenvalue weighted by atomic mass is 10.0. The van der Waals surface area contributed by atoms with Crippen molar-refractivity contribution < 1.29 is 9.59 Å². The van der Waals surface area contributed by atoms with Crippen LogP contribution < -0.4 is 10.6 Å². The fourth-order valence-electron chi connectivity index (χ4n) is 2.47. The second-order valence-corrected chi connectivity index (χ2v) is 5.79. The standard InChI is InChI=1S/C19H21ClN2O2/c1-3-13-9-7-10-14(4-2)17(13)22-19(24)18(23)21-12-15-8-5-6-11-16(15)20/h5-11H,3-4,12H2,1-2H3,(H,21,23)(H,22,24). The van der Waals surface area contributed by atoms with Crippen molar-refractivity contribution >= 4 is 29.1 Å². The van der Waals surface area contributed by atoms with Crippen molar-refractivity contribution in [1.82, 2.24) is 5.32 Å². The van der Waals surface area contributed by atoms with E-state index in [0.29, 0.717) is 5.02 Å². The zero-order chi connectivity index (χ0) is 17.5. The summed E-state index contributed by atoms with van der Waals surface area (Å²) in [4.78, 5) is 24.3. The molecule has 24 heavy (non-hydrogen) atoms. The molecule has 2 rings (SSSR count). The van der Waals surface area contributed by atoms with Crippen molar-refractivity contribution in [1.29, 1.82) is 0 Å². The molecule has 0 fully saturated rings. The van der Waals surface area contributed by atoms with Gasteiger partial charge in [0.2, 0.25) is 0 Å². The molecule has 2 N–H and O–H groups in total. The summed E-state index contributed by atoms with van der Waals surface area (Å²) in [5.74, 6) is -1.35. The van der Waals surface area contributed by atoms with Gasteiger partial charge in [0.15, 0.2) is 0 Å². The van der Waals surface area contributed by atoms with Crippen molar-refractivity contribution in [2.75, 3.05) is 5.32 Å². The molecule has 0 atom stereocenters. The van der Waals surface area contributed by atoms with Crippen LogP contribution in [0.5, 0.6) is 0 Å². The zero-order valence-electron chi connectivity index (χ0n) is 13.9. The van der Waals surface area contributed by atoms with Crippen LogP contribution in [0, 0.1) is 0 Å². The molecule has 0 saturated heterocycles. The largest absolute Gasteiger partial charge is 0.344 e. The van der Waals surface area contributed by atoms with E-state index in [-0.39, 0.29) is 6.54 Å². The molecule has 0 aromatic heterocycles. The summed E-state index contributed by atoms with van der Waals surface area (Å²) < 4.78 is 0. The quantitative estimate of drug-likeness (QED) is 0.812. The molecule has 0 heterocycles. The molecule has 0 aliphatic rings. The molecule has 126 valence electrons. The third-order valence-electron chi connectivity index (χ3n) is 3.84. The Labute approximate surface area is 147 Å². The Morgan fingerprint density at radius 2 is 1.46 bits per heavy atom. The molecular formula is C19H21ClN2O2. The van der Waals surface area contributed by atoms with E-state index in [0.717, 1.165) is 35.2 Å². The van der Waals surface area contributed by atoms with Gasteiger partial charge in [-0.25, -0.2) is 0 Å². The van der Waals surface area contributed by atoms with Gasteiger partial charge in [0.25, 0.3) is 0 Å². The van der Waals surface area contributed by atoms with E-state index in [1.54, 1.807) is 6.07 Å². The summed E-state index contributed by atoms with van der Waals surface area (Å²) >= 11 is 6.04. The maximum absolute atomic E-state index is 12.2. The highest BCUT2D eigenvalue weighted by Gasteiger charge is 2.17. The lowest BCUT2D eigenvalue weighted by molar-refractivity contribution is -0.136. The van der Waals surface area contributed by atoms with Gasteiger partial charge in [0, 0.05) is 17.3 Å². The third-order valence-corrected chi connectivity index (χ3v) is 4.21. The first kappa shape index (κ1) is 18.0. The highest BCUT2D eigenvalue weighted by atomic mass is 35.5. The molecular weight excluding hydrogens is 324 g/mol. The van der Waals surface area contributed by atoms with E-state index >= 15 is 0 Å². The van der Waals surface area contributed by atoms with Gasteiger partial charge in [-0.1, -0.05) is 61.8 Å². The first-order valence-electron chi connectivity index (χ1n) is 8.00. The Hall–Kier alpha value is -2.33. The van der Waals surface area contributed by atoms with Crippen LogP contribution in [-0.2, 0) is 29.0 Å². The van der Waals surface area contributed by atoms with Crippen LogP contribution >= 0.6 is 11.6 Å². The monoisotopic (exact) mass is 344 g/mol. The van der Waals surface area contributed by atoms with Crippen molar-refractivity contribution in [2.45, 2.75) is 33.2 Å². The normalized spacial score (nSPS) is 10.3. The number of benzene rings is 2. The Morgan fingerprint density at radius 1 is 0.875 bits per heavy atom.